The maximum Gasteiger partial charge on any atom is -0.000664 e. The molecule has 1 N–H and O–H groups in total. The largest absolute Gasteiger partial charge is 0.317 e. The first-order chi connectivity index (χ1) is 7.93. The molecule has 1 aliphatic heterocycles. The second kappa shape index (κ2) is 10.1. The molecule has 1 fully saturated rings. The maximum absolute atomic E-state index is 3.56. The molecule has 0 aromatic heterocycles. The molecule has 1 saturated heterocycles. The third-order valence-electron chi connectivity index (χ3n) is 3.48. The standard InChI is InChI=1S/C14H30N2/c1-2-3-4-5-6-10-15-11-9-14-16-12-7-8-13-16/h15H,2-14H2,1H3. The van der Waals surface area contributed by atoms with E-state index in [2.05, 4.69) is 17.1 Å². The molecule has 0 radical (unpaired) electrons. The van der Waals surface area contributed by atoms with Crippen LogP contribution < -0.4 is 5.32 Å². The lowest BCUT2D eigenvalue weighted by Gasteiger charge is -2.14. The molecule has 2 heteroatoms. The highest BCUT2D eigenvalue weighted by Crippen LogP contribution is 2.06. The number of likely N-dealkylation sites (tertiary alicyclic amines) is 1. The molecule has 0 amide bonds. The summed E-state index contributed by atoms with van der Waals surface area (Å²) in [5, 5.41) is 3.56. The Labute approximate surface area is 102 Å². The van der Waals surface area contributed by atoms with Crippen molar-refractivity contribution in [2.24, 2.45) is 0 Å². The van der Waals surface area contributed by atoms with E-state index in [1.807, 2.05) is 0 Å². The molecule has 0 aromatic rings. The fourth-order valence-corrected chi connectivity index (χ4v) is 2.41. The summed E-state index contributed by atoms with van der Waals surface area (Å²) in [5.74, 6) is 0. The number of nitrogens with one attached hydrogen (secondary N) is 1. The van der Waals surface area contributed by atoms with E-state index in [1.54, 1.807) is 0 Å². The fourth-order valence-electron chi connectivity index (χ4n) is 2.41. The zero-order chi connectivity index (χ0) is 11.5. The Morgan fingerprint density at radius 1 is 0.875 bits per heavy atom. The molecule has 0 bridgehead atoms. The minimum Gasteiger partial charge on any atom is -0.317 e. The summed E-state index contributed by atoms with van der Waals surface area (Å²) >= 11 is 0. The van der Waals surface area contributed by atoms with Gasteiger partial charge in [-0.1, -0.05) is 32.6 Å². The van der Waals surface area contributed by atoms with Gasteiger partial charge in [0.15, 0.2) is 0 Å². The van der Waals surface area contributed by atoms with Gasteiger partial charge in [-0.15, -0.1) is 0 Å². The average molecular weight is 226 g/mol. The van der Waals surface area contributed by atoms with Crippen LogP contribution in [0.3, 0.4) is 0 Å². The molecule has 1 heterocycles. The zero-order valence-electron chi connectivity index (χ0n) is 11.1. The Bertz CT molecular complexity index is 142. The van der Waals surface area contributed by atoms with Gasteiger partial charge in [-0.05, 0) is 58.4 Å². The van der Waals surface area contributed by atoms with E-state index < -0.39 is 0 Å². The molecule has 0 aliphatic carbocycles. The third kappa shape index (κ3) is 7.24. The Hall–Kier alpha value is -0.0800. The molecule has 0 aromatic carbocycles. The molecule has 0 unspecified atom stereocenters. The molecule has 1 aliphatic rings. The summed E-state index contributed by atoms with van der Waals surface area (Å²) in [7, 11) is 0. The van der Waals surface area contributed by atoms with Gasteiger partial charge in [0, 0.05) is 0 Å². The number of unbranched alkanes of at least 4 members (excludes halogenated alkanes) is 4. The van der Waals surface area contributed by atoms with Gasteiger partial charge in [-0.25, -0.2) is 0 Å². The quantitative estimate of drug-likeness (QED) is 0.576. The third-order valence-corrected chi connectivity index (χ3v) is 3.48. The maximum atomic E-state index is 3.56. The van der Waals surface area contributed by atoms with Gasteiger partial charge in [-0.2, -0.15) is 0 Å². The van der Waals surface area contributed by atoms with Crippen molar-refractivity contribution >= 4 is 0 Å². The summed E-state index contributed by atoms with van der Waals surface area (Å²) in [6.07, 6.45) is 11.1. The van der Waals surface area contributed by atoms with Crippen molar-refractivity contribution in [2.45, 2.75) is 58.3 Å². The average Bonchev–Trinajstić information content (AvgIpc) is 2.80. The lowest BCUT2D eigenvalue weighted by Crippen LogP contribution is -2.25. The van der Waals surface area contributed by atoms with Crippen LogP contribution in [0.1, 0.15) is 58.3 Å². The van der Waals surface area contributed by atoms with E-state index in [4.69, 9.17) is 0 Å². The van der Waals surface area contributed by atoms with Crippen molar-refractivity contribution in [2.75, 3.05) is 32.7 Å². The Morgan fingerprint density at radius 3 is 2.31 bits per heavy atom. The second-order valence-corrected chi connectivity index (χ2v) is 5.07. The van der Waals surface area contributed by atoms with Crippen LogP contribution in [0.15, 0.2) is 0 Å². The number of hydrogen-bond donors (Lipinski definition) is 1. The van der Waals surface area contributed by atoms with E-state index in [1.165, 1.54) is 84.1 Å². The highest BCUT2D eigenvalue weighted by molar-refractivity contribution is 4.66. The van der Waals surface area contributed by atoms with Crippen LogP contribution in [0.4, 0.5) is 0 Å². The normalized spacial score (nSPS) is 17.1. The molecule has 0 spiro atoms. The van der Waals surface area contributed by atoms with Crippen LogP contribution in [-0.2, 0) is 0 Å². The molecule has 0 atom stereocenters. The molecular weight excluding hydrogens is 196 g/mol. The number of nitrogens with zero attached hydrogens (tertiary/aromatic N) is 1. The summed E-state index contributed by atoms with van der Waals surface area (Å²) in [5.41, 5.74) is 0. The summed E-state index contributed by atoms with van der Waals surface area (Å²) in [6.45, 7) is 8.71. The Morgan fingerprint density at radius 2 is 1.56 bits per heavy atom. The Kier molecular flexibility index (Phi) is 8.83. The molecule has 1 rings (SSSR count). The molecule has 0 saturated carbocycles. The predicted octanol–water partition coefficient (Wildman–Crippen LogP) is 3.03. The minimum atomic E-state index is 1.21. The van der Waals surface area contributed by atoms with Gasteiger partial charge in [0.25, 0.3) is 0 Å². The lowest BCUT2D eigenvalue weighted by atomic mass is 10.1. The van der Waals surface area contributed by atoms with Crippen LogP contribution in [0.25, 0.3) is 0 Å². The molecule has 96 valence electrons. The van der Waals surface area contributed by atoms with Gasteiger partial charge in [0.2, 0.25) is 0 Å². The first kappa shape index (κ1) is 14.0. The van der Waals surface area contributed by atoms with Crippen molar-refractivity contribution in [3.8, 4) is 0 Å². The first-order valence-electron chi connectivity index (χ1n) is 7.36. The van der Waals surface area contributed by atoms with Crippen molar-refractivity contribution in [3.63, 3.8) is 0 Å². The highest BCUT2D eigenvalue weighted by Gasteiger charge is 2.09. The number of hydrogen-bond acceptors (Lipinski definition) is 2. The van der Waals surface area contributed by atoms with Gasteiger partial charge in [0.1, 0.15) is 0 Å². The summed E-state index contributed by atoms with van der Waals surface area (Å²) < 4.78 is 0. The van der Waals surface area contributed by atoms with Gasteiger partial charge >= 0.3 is 0 Å². The fraction of sp³-hybridized carbons (Fsp3) is 1.00. The highest BCUT2D eigenvalue weighted by atomic mass is 15.1. The topological polar surface area (TPSA) is 15.3 Å². The monoisotopic (exact) mass is 226 g/mol. The summed E-state index contributed by atoms with van der Waals surface area (Å²) in [6, 6.07) is 0. The van der Waals surface area contributed by atoms with Crippen LogP contribution in [0.5, 0.6) is 0 Å². The Balaban J connectivity index is 1.71. The van der Waals surface area contributed by atoms with E-state index in [9.17, 15) is 0 Å². The van der Waals surface area contributed by atoms with E-state index >= 15 is 0 Å². The number of rotatable bonds is 10. The van der Waals surface area contributed by atoms with E-state index in [0.29, 0.717) is 0 Å². The van der Waals surface area contributed by atoms with Crippen molar-refractivity contribution < 1.29 is 0 Å². The van der Waals surface area contributed by atoms with Crippen LogP contribution in [0, 0.1) is 0 Å². The second-order valence-electron chi connectivity index (χ2n) is 5.07. The lowest BCUT2D eigenvalue weighted by molar-refractivity contribution is 0.331. The molecule has 16 heavy (non-hydrogen) atoms. The van der Waals surface area contributed by atoms with E-state index in [0.717, 1.165) is 0 Å². The van der Waals surface area contributed by atoms with Crippen molar-refractivity contribution in [1.29, 1.82) is 0 Å². The predicted molar refractivity (Wildman–Crippen MR) is 71.9 cm³/mol. The van der Waals surface area contributed by atoms with Crippen LogP contribution in [0.2, 0.25) is 0 Å². The smallest absolute Gasteiger partial charge is 0.000664 e. The van der Waals surface area contributed by atoms with Crippen molar-refractivity contribution in [3.05, 3.63) is 0 Å². The zero-order valence-corrected chi connectivity index (χ0v) is 11.1. The van der Waals surface area contributed by atoms with Gasteiger partial charge in [0.05, 0.1) is 0 Å². The van der Waals surface area contributed by atoms with Crippen LogP contribution >= 0.6 is 0 Å². The molecular formula is C14H30N2. The molecule has 2 nitrogen and oxygen atoms in total. The van der Waals surface area contributed by atoms with Gasteiger partial charge < -0.3 is 10.2 Å². The SMILES string of the molecule is CCCCCCCNCCCN1CCCC1. The summed E-state index contributed by atoms with van der Waals surface area (Å²) in [4.78, 5) is 2.60. The first-order valence-corrected chi connectivity index (χ1v) is 7.36. The van der Waals surface area contributed by atoms with Crippen LogP contribution in [-0.4, -0.2) is 37.6 Å². The minimum absolute atomic E-state index is 1.21. The van der Waals surface area contributed by atoms with Crippen molar-refractivity contribution in [1.82, 2.24) is 10.2 Å². The van der Waals surface area contributed by atoms with Gasteiger partial charge in [-0.3, -0.25) is 0 Å². The van der Waals surface area contributed by atoms with E-state index in [-0.39, 0.29) is 0 Å².